The van der Waals surface area contributed by atoms with Crippen LogP contribution >= 0.6 is 23.1 Å². The Bertz CT molecular complexity index is 838. The third-order valence-corrected chi connectivity index (χ3v) is 7.51. The van der Waals surface area contributed by atoms with Crippen molar-refractivity contribution < 1.29 is 19.4 Å². The van der Waals surface area contributed by atoms with Crippen LogP contribution in [-0.2, 0) is 16.0 Å². The topological polar surface area (TPSA) is 91.8 Å². The van der Waals surface area contributed by atoms with Gasteiger partial charge in [0.05, 0.1) is 22.3 Å². The van der Waals surface area contributed by atoms with E-state index in [2.05, 4.69) is 22.4 Å². The second kappa shape index (κ2) is 12.1. The molecule has 168 valence electrons. The zero-order chi connectivity index (χ0) is 22.1. The Labute approximate surface area is 191 Å². The van der Waals surface area contributed by atoms with E-state index in [1.807, 2.05) is 23.1 Å². The molecule has 2 aromatic rings. The third-order valence-electron chi connectivity index (χ3n) is 5.42. The number of aryl methyl sites for hydroxylation is 1. The molecule has 31 heavy (non-hydrogen) atoms. The fourth-order valence-electron chi connectivity index (χ4n) is 3.82. The number of hydrogen-bond acceptors (Lipinski definition) is 6. The number of carboxylic acid groups (broad SMARTS) is 1. The summed E-state index contributed by atoms with van der Waals surface area (Å²) in [6, 6.07) is 10.3. The van der Waals surface area contributed by atoms with Gasteiger partial charge in [0, 0.05) is 19.7 Å². The van der Waals surface area contributed by atoms with Crippen LogP contribution in [0.4, 0.5) is 9.93 Å². The van der Waals surface area contributed by atoms with Gasteiger partial charge in [0.25, 0.3) is 0 Å². The van der Waals surface area contributed by atoms with Crippen LogP contribution in [0.5, 0.6) is 0 Å². The number of amides is 2. The number of carbonyl (C=O) groups excluding carboxylic acids is 1. The van der Waals surface area contributed by atoms with Crippen molar-refractivity contribution in [3.8, 4) is 0 Å². The largest absolute Gasteiger partial charge is 0.481 e. The molecule has 0 unspecified atom stereocenters. The maximum atomic E-state index is 13.1. The zero-order valence-electron chi connectivity index (χ0n) is 17.7. The molecule has 0 radical (unpaired) electrons. The van der Waals surface area contributed by atoms with Gasteiger partial charge >= 0.3 is 12.0 Å². The zero-order valence-corrected chi connectivity index (χ0v) is 19.3. The molecule has 0 spiro atoms. The number of thiazole rings is 1. The van der Waals surface area contributed by atoms with Crippen molar-refractivity contribution in [2.75, 3.05) is 24.7 Å². The van der Waals surface area contributed by atoms with Gasteiger partial charge in [0.2, 0.25) is 0 Å². The van der Waals surface area contributed by atoms with E-state index in [-0.39, 0.29) is 23.9 Å². The molecule has 0 atom stereocenters. The molecule has 1 aliphatic rings. The second-order valence-electron chi connectivity index (χ2n) is 7.55. The Morgan fingerprint density at radius 1 is 1.26 bits per heavy atom. The molecular weight excluding hydrogens is 434 g/mol. The van der Waals surface area contributed by atoms with Crippen molar-refractivity contribution in [2.45, 2.75) is 54.9 Å². The number of methoxy groups -OCH3 is 1. The minimum Gasteiger partial charge on any atom is -0.481 e. The number of ether oxygens (including phenoxy) is 1. The average Bonchev–Trinajstić information content (AvgIpc) is 3.23. The standard InChI is InChI=1S/C22H29N3O4S2/c1-29-18-11-9-17(10-12-18)25(13-5-8-16-6-3-2-4-7-16)22(28)24-21-23-14-20(31-21)30-15-19(26)27/h2-4,6-7,14,17-18H,5,8-13,15H2,1H3,(H,26,27)(H,23,24,28). The van der Waals surface area contributed by atoms with Gasteiger partial charge in [-0.3, -0.25) is 10.1 Å². The van der Waals surface area contributed by atoms with Crippen LogP contribution in [0, 0.1) is 0 Å². The molecule has 1 aliphatic carbocycles. The Hall–Kier alpha value is -2.10. The van der Waals surface area contributed by atoms with Crippen molar-refractivity contribution in [1.29, 1.82) is 0 Å². The number of aliphatic carboxylic acids is 1. The lowest BCUT2D eigenvalue weighted by Crippen LogP contribution is -2.46. The first-order chi connectivity index (χ1) is 15.0. The van der Waals surface area contributed by atoms with E-state index in [1.165, 1.54) is 28.7 Å². The van der Waals surface area contributed by atoms with Gasteiger partial charge in [0.1, 0.15) is 0 Å². The highest BCUT2D eigenvalue weighted by Crippen LogP contribution is 2.29. The lowest BCUT2D eigenvalue weighted by atomic mass is 9.91. The normalized spacial score (nSPS) is 18.5. The Morgan fingerprint density at radius 2 is 2.00 bits per heavy atom. The van der Waals surface area contributed by atoms with Crippen LogP contribution in [0.2, 0.25) is 0 Å². The molecule has 1 saturated carbocycles. The minimum atomic E-state index is -0.875. The van der Waals surface area contributed by atoms with Crippen LogP contribution in [0.15, 0.2) is 40.7 Å². The predicted molar refractivity (Wildman–Crippen MR) is 124 cm³/mol. The molecule has 2 amide bonds. The average molecular weight is 464 g/mol. The van der Waals surface area contributed by atoms with Crippen LogP contribution in [0.1, 0.15) is 37.7 Å². The molecule has 1 heterocycles. The van der Waals surface area contributed by atoms with E-state index in [0.717, 1.165) is 42.7 Å². The van der Waals surface area contributed by atoms with E-state index in [4.69, 9.17) is 9.84 Å². The first-order valence-corrected chi connectivity index (χ1v) is 12.3. The second-order valence-corrected chi connectivity index (χ2v) is 9.85. The lowest BCUT2D eigenvalue weighted by molar-refractivity contribution is -0.133. The van der Waals surface area contributed by atoms with Gasteiger partial charge in [-0.25, -0.2) is 9.78 Å². The van der Waals surface area contributed by atoms with E-state index >= 15 is 0 Å². The number of hydrogen-bond donors (Lipinski definition) is 2. The highest BCUT2D eigenvalue weighted by Gasteiger charge is 2.29. The monoisotopic (exact) mass is 463 g/mol. The van der Waals surface area contributed by atoms with Crippen molar-refractivity contribution in [3.05, 3.63) is 42.1 Å². The first-order valence-electron chi connectivity index (χ1n) is 10.5. The van der Waals surface area contributed by atoms with Crippen molar-refractivity contribution in [2.24, 2.45) is 0 Å². The molecule has 7 nitrogen and oxygen atoms in total. The quantitative estimate of drug-likeness (QED) is 0.494. The molecular formula is C22H29N3O4S2. The molecule has 9 heteroatoms. The minimum absolute atomic E-state index is 0.0239. The smallest absolute Gasteiger partial charge is 0.323 e. The summed E-state index contributed by atoms with van der Waals surface area (Å²) in [7, 11) is 1.75. The molecule has 1 aromatic carbocycles. The van der Waals surface area contributed by atoms with Crippen LogP contribution in [0.3, 0.4) is 0 Å². The number of nitrogens with zero attached hydrogens (tertiary/aromatic N) is 2. The van der Waals surface area contributed by atoms with Gasteiger partial charge in [-0.15, -0.1) is 11.8 Å². The lowest BCUT2D eigenvalue weighted by Gasteiger charge is -2.36. The first kappa shape index (κ1) is 23.6. The molecule has 3 rings (SSSR count). The summed E-state index contributed by atoms with van der Waals surface area (Å²) in [6.07, 6.45) is 7.46. The van der Waals surface area contributed by atoms with Crippen molar-refractivity contribution in [3.63, 3.8) is 0 Å². The van der Waals surface area contributed by atoms with Crippen LogP contribution < -0.4 is 5.32 Å². The maximum absolute atomic E-state index is 13.1. The summed E-state index contributed by atoms with van der Waals surface area (Å²) < 4.78 is 6.26. The number of thioether (sulfide) groups is 1. The number of carbonyl (C=O) groups is 2. The molecule has 0 saturated heterocycles. The van der Waals surface area contributed by atoms with Gasteiger partial charge in [-0.1, -0.05) is 41.7 Å². The molecule has 0 aliphatic heterocycles. The maximum Gasteiger partial charge on any atom is 0.323 e. The van der Waals surface area contributed by atoms with E-state index in [9.17, 15) is 9.59 Å². The van der Waals surface area contributed by atoms with Gasteiger partial charge in [-0.2, -0.15) is 0 Å². The van der Waals surface area contributed by atoms with E-state index in [1.54, 1.807) is 13.3 Å². The van der Waals surface area contributed by atoms with Crippen molar-refractivity contribution >= 4 is 40.2 Å². The highest BCUT2D eigenvalue weighted by molar-refractivity contribution is 8.01. The summed E-state index contributed by atoms with van der Waals surface area (Å²) in [4.78, 5) is 30.1. The summed E-state index contributed by atoms with van der Waals surface area (Å²) in [5.74, 6) is -0.899. The van der Waals surface area contributed by atoms with Crippen LogP contribution in [0.25, 0.3) is 0 Å². The number of carboxylic acids is 1. The molecule has 1 fully saturated rings. The SMILES string of the molecule is COC1CCC(N(CCCc2ccccc2)C(=O)Nc2ncc(SCC(=O)O)s2)CC1. The summed E-state index contributed by atoms with van der Waals surface area (Å²) in [5, 5.41) is 12.2. The van der Waals surface area contributed by atoms with Gasteiger partial charge < -0.3 is 14.7 Å². The Balaban J connectivity index is 1.60. The number of benzene rings is 1. The summed E-state index contributed by atoms with van der Waals surface area (Å²) in [5.41, 5.74) is 1.27. The summed E-state index contributed by atoms with van der Waals surface area (Å²) in [6.45, 7) is 0.676. The number of nitrogens with one attached hydrogen (secondary N) is 1. The number of anilines is 1. The molecule has 2 N–H and O–H groups in total. The fourth-order valence-corrected chi connectivity index (χ4v) is 5.40. The molecule has 0 bridgehead atoms. The Kier molecular flexibility index (Phi) is 9.17. The number of rotatable bonds is 10. The number of urea groups is 1. The van der Waals surface area contributed by atoms with Crippen molar-refractivity contribution in [1.82, 2.24) is 9.88 Å². The molecule has 1 aromatic heterocycles. The summed E-state index contributed by atoms with van der Waals surface area (Å²) >= 11 is 2.51. The number of aromatic nitrogens is 1. The predicted octanol–water partition coefficient (Wildman–Crippen LogP) is 4.74. The van der Waals surface area contributed by atoms with E-state index in [0.29, 0.717) is 11.7 Å². The van der Waals surface area contributed by atoms with Crippen LogP contribution in [-0.4, -0.2) is 58.5 Å². The Morgan fingerprint density at radius 3 is 2.68 bits per heavy atom. The van der Waals surface area contributed by atoms with E-state index < -0.39 is 5.97 Å². The fraction of sp³-hybridized carbons (Fsp3) is 0.500. The van der Waals surface area contributed by atoms with Gasteiger partial charge in [-0.05, 0) is 44.1 Å². The third kappa shape index (κ3) is 7.52. The van der Waals surface area contributed by atoms with Gasteiger partial charge in [0.15, 0.2) is 5.13 Å². The highest BCUT2D eigenvalue weighted by atomic mass is 32.2.